The molecule has 98 valence electrons. The first-order valence-corrected chi connectivity index (χ1v) is 5.46. The zero-order valence-electron chi connectivity index (χ0n) is 9.34. The van der Waals surface area contributed by atoms with Crippen molar-refractivity contribution >= 4 is 28.7 Å². The van der Waals surface area contributed by atoms with Crippen LogP contribution in [0.3, 0.4) is 0 Å². The Bertz CT molecular complexity index is 638. The van der Waals surface area contributed by atoms with Crippen molar-refractivity contribution in [3.8, 4) is 0 Å². The van der Waals surface area contributed by atoms with Gasteiger partial charge in [0.2, 0.25) is 5.69 Å². The van der Waals surface area contributed by atoms with Gasteiger partial charge in [0.15, 0.2) is 0 Å². The number of halogens is 2. The zero-order chi connectivity index (χ0) is 14.0. The molecule has 2 rings (SSSR count). The minimum atomic E-state index is -0.681. The maximum atomic E-state index is 13.0. The van der Waals surface area contributed by atoms with Crippen LogP contribution in [0, 0.1) is 21.1 Å². The molecular formula is C11H7ClFN3O3. The number of nitrogens with one attached hydrogen (secondary N) is 1. The van der Waals surface area contributed by atoms with Crippen molar-refractivity contribution < 1.29 is 14.4 Å². The van der Waals surface area contributed by atoms with Gasteiger partial charge in [-0.3, -0.25) is 15.1 Å². The predicted octanol–water partition coefficient (Wildman–Crippen LogP) is 2.13. The quantitative estimate of drug-likeness (QED) is 0.691. The molecule has 0 aliphatic rings. The van der Waals surface area contributed by atoms with Crippen LogP contribution in [-0.4, -0.2) is 9.91 Å². The fourth-order valence-corrected chi connectivity index (χ4v) is 1.69. The maximum absolute atomic E-state index is 13.0. The molecule has 0 amide bonds. The van der Waals surface area contributed by atoms with Gasteiger partial charge in [-0.1, -0.05) is 11.6 Å². The average Bonchev–Trinajstić information content (AvgIpc) is 2.41. The Morgan fingerprint density at radius 2 is 2.11 bits per heavy atom. The monoisotopic (exact) mass is 283 g/mol. The van der Waals surface area contributed by atoms with Crippen molar-refractivity contribution in [2.75, 3.05) is 0 Å². The van der Waals surface area contributed by atoms with E-state index in [2.05, 4.69) is 4.98 Å². The highest BCUT2D eigenvalue weighted by molar-refractivity contribution is 6.30. The summed E-state index contributed by atoms with van der Waals surface area (Å²) in [7, 11) is 0. The van der Waals surface area contributed by atoms with Crippen LogP contribution in [0.4, 0.5) is 21.5 Å². The summed E-state index contributed by atoms with van der Waals surface area (Å²) >= 11 is 5.57. The lowest BCUT2D eigenvalue weighted by Gasteiger charge is -2.20. The smallest absolute Gasteiger partial charge is 0.333 e. The molecule has 1 atom stereocenters. The van der Waals surface area contributed by atoms with Crippen molar-refractivity contribution in [1.29, 1.82) is 0 Å². The molecule has 0 aliphatic carbocycles. The fraction of sp³-hybridized carbons (Fsp3) is 0. The van der Waals surface area contributed by atoms with Gasteiger partial charge in [0.1, 0.15) is 11.5 Å². The number of rotatable bonds is 3. The number of hydrogen-bond acceptors (Lipinski definition) is 4. The average molecular weight is 284 g/mol. The van der Waals surface area contributed by atoms with Crippen LogP contribution in [0.5, 0.6) is 0 Å². The lowest BCUT2D eigenvalue weighted by molar-refractivity contribution is -0.701. The van der Waals surface area contributed by atoms with E-state index in [1.165, 1.54) is 12.3 Å². The van der Waals surface area contributed by atoms with Gasteiger partial charge in [0, 0.05) is 24.4 Å². The normalized spacial score (nSPS) is 12.2. The molecular weight excluding hydrogens is 277 g/mol. The summed E-state index contributed by atoms with van der Waals surface area (Å²) in [6.07, 6.45) is 2.31. The van der Waals surface area contributed by atoms with E-state index in [1.54, 1.807) is 0 Å². The Hall–Kier alpha value is -2.09. The Morgan fingerprint density at radius 3 is 2.74 bits per heavy atom. The first-order chi connectivity index (χ1) is 9.00. The second-order valence-electron chi connectivity index (χ2n) is 3.61. The van der Waals surface area contributed by atoms with Crippen LogP contribution in [-0.2, 0) is 0 Å². The van der Waals surface area contributed by atoms with Crippen molar-refractivity contribution in [2.24, 2.45) is 0 Å². The molecule has 2 aromatic rings. The minimum absolute atomic E-state index is 0.0579. The summed E-state index contributed by atoms with van der Waals surface area (Å²) in [5.74, 6) is -0.668. The predicted molar refractivity (Wildman–Crippen MR) is 66.0 cm³/mol. The highest BCUT2D eigenvalue weighted by atomic mass is 35.5. The Kier molecular flexibility index (Phi) is 3.70. The first kappa shape index (κ1) is 13.3. The number of benzene rings is 1. The summed E-state index contributed by atoms with van der Waals surface area (Å²) in [5.41, 5.74) is -0.474. The molecule has 1 heterocycles. The van der Waals surface area contributed by atoms with E-state index < -0.39 is 15.8 Å². The molecule has 0 aliphatic heterocycles. The molecule has 1 aromatic heterocycles. The largest absolute Gasteiger partial charge is 0.623 e. The minimum Gasteiger partial charge on any atom is -0.623 e. The molecule has 1 aromatic carbocycles. The van der Waals surface area contributed by atoms with Gasteiger partial charge in [0.25, 0.3) is 0 Å². The zero-order valence-corrected chi connectivity index (χ0v) is 10.1. The van der Waals surface area contributed by atoms with Crippen LogP contribution in [0.1, 0.15) is 0 Å². The van der Waals surface area contributed by atoms with Gasteiger partial charge < -0.3 is 10.3 Å². The van der Waals surface area contributed by atoms with E-state index >= 15 is 0 Å². The summed E-state index contributed by atoms with van der Waals surface area (Å²) in [5, 5.41) is 22.1. The number of aromatic nitrogens is 1. The third-order valence-corrected chi connectivity index (χ3v) is 2.71. The van der Waals surface area contributed by atoms with Gasteiger partial charge in [0.05, 0.1) is 16.1 Å². The lowest BCUT2D eigenvalue weighted by Crippen LogP contribution is -2.96. The summed E-state index contributed by atoms with van der Waals surface area (Å²) in [6.45, 7) is 0. The fourth-order valence-electron chi connectivity index (χ4n) is 1.51. The molecule has 0 fully saturated rings. The number of nitro groups is 1. The number of nitrogens with zero attached hydrogens (tertiary/aromatic N) is 2. The van der Waals surface area contributed by atoms with Crippen molar-refractivity contribution in [3.63, 3.8) is 0 Å². The molecule has 0 bridgehead atoms. The van der Waals surface area contributed by atoms with E-state index in [4.69, 9.17) is 11.6 Å². The van der Waals surface area contributed by atoms with Gasteiger partial charge >= 0.3 is 5.69 Å². The number of pyridine rings is 1. The second-order valence-corrected chi connectivity index (χ2v) is 4.02. The maximum Gasteiger partial charge on any atom is 0.333 e. The van der Waals surface area contributed by atoms with E-state index in [0.29, 0.717) is 0 Å². The molecule has 0 saturated heterocycles. The summed E-state index contributed by atoms with van der Waals surface area (Å²) in [6, 6.07) is 4.48. The van der Waals surface area contributed by atoms with Crippen LogP contribution in [0.25, 0.3) is 0 Å². The van der Waals surface area contributed by atoms with E-state index in [-0.39, 0.29) is 22.1 Å². The van der Waals surface area contributed by atoms with E-state index in [1.807, 2.05) is 0 Å². The highest BCUT2D eigenvalue weighted by Crippen LogP contribution is 2.22. The molecule has 1 N–H and O–H groups in total. The summed E-state index contributed by atoms with van der Waals surface area (Å²) in [4.78, 5) is 13.8. The summed E-state index contributed by atoms with van der Waals surface area (Å²) < 4.78 is 13.0. The van der Waals surface area contributed by atoms with Crippen LogP contribution in [0.15, 0.2) is 36.7 Å². The van der Waals surface area contributed by atoms with Gasteiger partial charge in [-0.25, -0.2) is 4.39 Å². The van der Waals surface area contributed by atoms with Gasteiger partial charge in [-0.05, 0) is 6.07 Å². The molecule has 6 nitrogen and oxygen atoms in total. The van der Waals surface area contributed by atoms with Crippen LogP contribution < -0.4 is 5.06 Å². The third-order valence-electron chi connectivity index (χ3n) is 2.42. The van der Waals surface area contributed by atoms with Crippen LogP contribution in [0.2, 0.25) is 5.02 Å². The Morgan fingerprint density at radius 1 is 1.37 bits per heavy atom. The molecule has 0 saturated carbocycles. The van der Waals surface area contributed by atoms with E-state index in [0.717, 1.165) is 24.4 Å². The second kappa shape index (κ2) is 5.27. The molecule has 1 unspecified atom stereocenters. The number of quaternary nitrogens is 1. The van der Waals surface area contributed by atoms with Crippen LogP contribution >= 0.6 is 11.6 Å². The highest BCUT2D eigenvalue weighted by Gasteiger charge is 2.21. The molecule has 0 radical (unpaired) electrons. The Labute approximate surface area is 111 Å². The lowest BCUT2D eigenvalue weighted by atomic mass is 10.2. The molecule has 19 heavy (non-hydrogen) atoms. The molecule has 0 spiro atoms. The Balaban J connectivity index is 2.46. The van der Waals surface area contributed by atoms with E-state index in [9.17, 15) is 19.7 Å². The van der Waals surface area contributed by atoms with Gasteiger partial charge in [-0.15, -0.1) is 0 Å². The van der Waals surface area contributed by atoms with Crippen molar-refractivity contribution in [3.05, 3.63) is 62.8 Å². The van der Waals surface area contributed by atoms with Gasteiger partial charge in [-0.2, -0.15) is 0 Å². The topological polar surface area (TPSA) is 83.5 Å². The standard InChI is InChI=1S/C11H7ClFN3O3/c12-8-5-7(1-2-9(8)13)15(17)11-6-14-4-3-10(11)16(18)19/h1-6,15H. The number of hydrogen-bond donors (Lipinski definition) is 1. The molecule has 8 heteroatoms. The first-order valence-electron chi connectivity index (χ1n) is 5.09. The third kappa shape index (κ3) is 2.68. The SMILES string of the molecule is O=[N+]([O-])c1ccncc1[NH+]([O-])c1ccc(F)c(Cl)c1. The van der Waals surface area contributed by atoms with Crippen molar-refractivity contribution in [1.82, 2.24) is 4.98 Å². The van der Waals surface area contributed by atoms with Crippen molar-refractivity contribution in [2.45, 2.75) is 0 Å².